The molecular weight excluding hydrogens is 414 g/mol. The number of hydrazone groups is 1. The van der Waals surface area contributed by atoms with Gasteiger partial charge in [0.15, 0.2) is 0 Å². The Morgan fingerprint density at radius 1 is 1.18 bits per heavy atom. The van der Waals surface area contributed by atoms with Crippen LogP contribution in [0.4, 0.5) is 0 Å². The van der Waals surface area contributed by atoms with Gasteiger partial charge in [-0.25, -0.2) is 0 Å². The normalized spacial score (nSPS) is 47.0. The van der Waals surface area contributed by atoms with Gasteiger partial charge in [-0.1, -0.05) is 6.92 Å². The molecule has 0 spiro atoms. The third kappa shape index (κ3) is 3.64. The number of ether oxygens (including phenoxy) is 1. The first kappa shape index (κ1) is 23.6. The maximum atomic E-state index is 12.6. The van der Waals surface area contributed by atoms with Gasteiger partial charge >= 0.3 is 0 Å². The van der Waals surface area contributed by atoms with E-state index in [0.717, 1.165) is 70.5 Å². The molecule has 7 heteroatoms. The molecule has 0 amide bonds. The number of fused-ring (bicyclic) bond motifs is 5. The smallest absolute Gasteiger partial charge is 0.100 e. The lowest BCUT2D eigenvalue weighted by Crippen LogP contribution is -2.64. The van der Waals surface area contributed by atoms with E-state index in [4.69, 9.17) is 21.3 Å². The maximum absolute atomic E-state index is 12.6. The van der Waals surface area contributed by atoms with Gasteiger partial charge in [0, 0.05) is 30.7 Å². The summed E-state index contributed by atoms with van der Waals surface area (Å²) in [5, 5.41) is 20.0. The third-order valence-corrected chi connectivity index (χ3v) is 10.8. The molecule has 0 aromatic rings. The summed E-state index contributed by atoms with van der Waals surface area (Å²) in [6.07, 6.45) is 14.0. The van der Waals surface area contributed by atoms with Crippen molar-refractivity contribution in [3.63, 3.8) is 0 Å². The highest BCUT2D eigenvalue weighted by Gasteiger charge is 2.69. The van der Waals surface area contributed by atoms with Crippen LogP contribution in [0.25, 0.3) is 0 Å². The molecule has 6 N–H and O–H groups in total. The Kier molecular flexibility index (Phi) is 6.51. The maximum Gasteiger partial charge on any atom is 0.100 e. The van der Waals surface area contributed by atoms with E-state index in [1.165, 1.54) is 25.7 Å². The van der Waals surface area contributed by atoms with E-state index >= 15 is 0 Å². The summed E-state index contributed by atoms with van der Waals surface area (Å²) in [5.41, 5.74) is 5.12. The molecule has 0 unspecified atom stereocenters. The predicted molar refractivity (Wildman–Crippen MR) is 132 cm³/mol. The van der Waals surface area contributed by atoms with E-state index in [1.807, 2.05) is 6.21 Å². The minimum atomic E-state index is -0.656. The molecule has 0 aromatic heterocycles. The second-order valence-electron chi connectivity index (χ2n) is 11.8. The lowest BCUT2D eigenvalue weighted by molar-refractivity contribution is -0.211. The number of hydrogen-bond acceptors (Lipinski definition) is 7. The molecule has 186 valence electrons. The van der Waals surface area contributed by atoms with Gasteiger partial charge in [-0.2, -0.15) is 5.10 Å². The Hall–Kier alpha value is -1.18. The van der Waals surface area contributed by atoms with Crippen LogP contribution in [0.15, 0.2) is 10.1 Å². The number of amidine groups is 1. The molecule has 4 fully saturated rings. The van der Waals surface area contributed by atoms with E-state index in [9.17, 15) is 5.11 Å². The lowest BCUT2D eigenvalue weighted by Gasteiger charge is -2.64. The molecule has 4 aliphatic carbocycles. The number of nitrogens with zero attached hydrogens (tertiary/aromatic N) is 2. The van der Waals surface area contributed by atoms with Crippen molar-refractivity contribution in [1.29, 1.82) is 0 Å². The van der Waals surface area contributed by atoms with Crippen LogP contribution in [0.2, 0.25) is 0 Å². The molecule has 1 heterocycles. The van der Waals surface area contributed by atoms with Crippen molar-refractivity contribution < 1.29 is 9.84 Å². The van der Waals surface area contributed by atoms with Crippen LogP contribution in [0, 0.1) is 34.5 Å². The molecule has 0 bridgehead atoms. The van der Waals surface area contributed by atoms with E-state index in [0.29, 0.717) is 41.7 Å². The van der Waals surface area contributed by atoms with Gasteiger partial charge in [0.25, 0.3) is 0 Å². The van der Waals surface area contributed by atoms with Crippen LogP contribution in [0.1, 0.15) is 77.6 Å². The molecule has 7 nitrogen and oxygen atoms in total. The zero-order valence-electron chi connectivity index (χ0n) is 20.5. The average molecular weight is 460 g/mol. The number of nitrogens with two attached hydrogens (primary N) is 2. The van der Waals surface area contributed by atoms with Gasteiger partial charge in [0.1, 0.15) is 5.84 Å². The highest BCUT2D eigenvalue weighted by Crippen LogP contribution is 2.70. The summed E-state index contributed by atoms with van der Waals surface area (Å²) in [7, 11) is 0. The molecule has 0 radical (unpaired) electrons. The topological polar surface area (TPSA) is 118 Å². The summed E-state index contributed by atoms with van der Waals surface area (Å²) < 4.78 is 6.20. The van der Waals surface area contributed by atoms with Crippen molar-refractivity contribution in [2.45, 2.75) is 89.3 Å². The van der Waals surface area contributed by atoms with Crippen LogP contribution < -0.4 is 16.9 Å². The van der Waals surface area contributed by atoms with Gasteiger partial charge in [-0.3, -0.25) is 4.99 Å². The summed E-state index contributed by atoms with van der Waals surface area (Å²) in [4.78, 5) is 4.81. The summed E-state index contributed by atoms with van der Waals surface area (Å²) in [5.74, 6) is 8.66. The quantitative estimate of drug-likeness (QED) is 0.202. The Morgan fingerprint density at radius 2 is 2.06 bits per heavy atom. The van der Waals surface area contributed by atoms with Crippen LogP contribution >= 0.6 is 0 Å². The highest BCUT2D eigenvalue weighted by atomic mass is 16.5. The van der Waals surface area contributed by atoms with Gasteiger partial charge in [0.2, 0.25) is 0 Å². The number of aliphatic hydroxyl groups is 1. The predicted octanol–water partition coefficient (Wildman–Crippen LogP) is 2.81. The Balaban J connectivity index is 1.39. The fraction of sp³-hybridized carbons (Fsp3) is 0.923. The van der Waals surface area contributed by atoms with Crippen molar-refractivity contribution in [1.82, 2.24) is 5.32 Å². The van der Waals surface area contributed by atoms with E-state index in [1.54, 1.807) is 0 Å². The van der Waals surface area contributed by atoms with Crippen molar-refractivity contribution in [2.24, 2.45) is 56.2 Å². The van der Waals surface area contributed by atoms with Crippen molar-refractivity contribution >= 4 is 12.1 Å². The Bertz CT molecular complexity index is 774. The first-order valence-corrected chi connectivity index (χ1v) is 13.5. The number of hydrogen-bond donors (Lipinski definition) is 4. The van der Waals surface area contributed by atoms with Gasteiger partial charge in [-0.15, -0.1) is 0 Å². The van der Waals surface area contributed by atoms with Gasteiger partial charge in [-0.05, 0) is 100 Å². The zero-order valence-corrected chi connectivity index (χ0v) is 20.5. The van der Waals surface area contributed by atoms with Crippen LogP contribution in [0.5, 0.6) is 0 Å². The van der Waals surface area contributed by atoms with Crippen molar-refractivity contribution in [3.05, 3.63) is 0 Å². The number of aliphatic imine (C=N–C) groups is 1. The standard InChI is InChI=1S/C26H45N5O2/c1-24-8-5-19(33-16-2-12-27)17-18(24)3-4-21-20(24)6-9-25(11-13-31-28)22(7-10-26(21,25)32)23-29-14-15-30-23/h13,18-22,32H,2-12,14-17,27-28H2,1H3,(H,29,30)/b31-13+/t18-,19+,20+,21-,22-,24+,25+,26+/m1/s1. The monoisotopic (exact) mass is 459 g/mol. The molecule has 4 saturated carbocycles. The second kappa shape index (κ2) is 9.12. The van der Waals surface area contributed by atoms with Gasteiger partial charge < -0.3 is 26.7 Å². The molecule has 0 saturated heterocycles. The number of nitrogens with one attached hydrogen (secondary N) is 1. The fourth-order valence-corrected chi connectivity index (χ4v) is 9.18. The summed E-state index contributed by atoms with van der Waals surface area (Å²) >= 11 is 0. The second-order valence-corrected chi connectivity index (χ2v) is 11.8. The van der Waals surface area contributed by atoms with E-state index in [-0.39, 0.29) is 5.41 Å². The number of rotatable bonds is 7. The fourth-order valence-electron chi connectivity index (χ4n) is 9.18. The van der Waals surface area contributed by atoms with Crippen LogP contribution in [-0.4, -0.2) is 55.1 Å². The minimum absolute atomic E-state index is 0.195. The van der Waals surface area contributed by atoms with Crippen molar-refractivity contribution in [2.75, 3.05) is 26.2 Å². The summed E-state index contributed by atoms with van der Waals surface area (Å²) in [6, 6.07) is 0. The first-order valence-electron chi connectivity index (χ1n) is 13.5. The molecular formula is C26H45N5O2. The Labute approximate surface area is 199 Å². The molecule has 1 aliphatic heterocycles. The van der Waals surface area contributed by atoms with Crippen molar-refractivity contribution in [3.8, 4) is 0 Å². The van der Waals surface area contributed by atoms with E-state index in [2.05, 4.69) is 17.3 Å². The summed E-state index contributed by atoms with van der Waals surface area (Å²) in [6.45, 7) is 5.81. The zero-order chi connectivity index (χ0) is 23.1. The largest absolute Gasteiger partial charge is 0.389 e. The molecule has 33 heavy (non-hydrogen) atoms. The van der Waals surface area contributed by atoms with Gasteiger partial charge in [0.05, 0.1) is 18.2 Å². The molecule has 5 rings (SSSR count). The molecule has 0 aromatic carbocycles. The van der Waals surface area contributed by atoms with Crippen LogP contribution in [-0.2, 0) is 4.74 Å². The Morgan fingerprint density at radius 3 is 2.82 bits per heavy atom. The third-order valence-electron chi connectivity index (χ3n) is 10.8. The lowest BCUT2D eigenvalue weighted by atomic mass is 9.42. The van der Waals surface area contributed by atoms with E-state index < -0.39 is 5.60 Å². The molecule has 8 atom stereocenters. The SMILES string of the molecule is C[C@]12CC[C@H](OCCCN)C[C@H]1CC[C@@H]1[C@@H]2CC[C@]2(C/C=N/N)[C@@H](C3=NCCN3)CC[C@]12O. The average Bonchev–Trinajstić information content (AvgIpc) is 3.44. The molecule has 5 aliphatic rings. The minimum Gasteiger partial charge on any atom is -0.389 e. The van der Waals surface area contributed by atoms with Crippen LogP contribution in [0.3, 0.4) is 0 Å². The highest BCUT2D eigenvalue weighted by molar-refractivity contribution is 5.87. The first-order chi connectivity index (χ1) is 16.0.